The maximum atomic E-state index is 13.4. The van der Waals surface area contributed by atoms with Crippen LogP contribution in [0.1, 0.15) is 11.1 Å². The number of ether oxygens (including phenoxy) is 4. The first-order valence-corrected chi connectivity index (χ1v) is 13.2. The van der Waals surface area contributed by atoms with E-state index in [0.717, 1.165) is 22.5 Å². The van der Waals surface area contributed by atoms with Gasteiger partial charge in [-0.3, -0.25) is 9.98 Å². The minimum Gasteiger partial charge on any atom is -0.442 e. The average molecular weight is 549 g/mol. The Morgan fingerprint density at radius 1 is 0.775 bits per heavy atom. The van der Waals surface area contributed by atoms with Crippen molar-refractivity contribution in [1.82, 2.24) is 10.6 Å². The summed E-state index contributed by atoms with van der Waals surface area (Å²) in [5.41, 5.74) is 3.79. The molecule has 2 unspecified atom stereocenters. The third-order valence-electron chi connectivity index (χ3n) is 7.24. The average Bonchev–Trinajstić information content (AvgIpc) is 3.65. The fourth-order valence-electron chi connectivity index (χ4n) is 5.38. The van der Waals surface area contributed by atoms with Crippen LogP contribution in [0.5, 0.6) is 11.5 Å². The number of nitrogens with zero attached hydrogens (tertiary/aromatic N) is 4. The van der Waals surface area contributed by atoms with Gasteiger partial charge in [-0.2, -0.15) is 0 Å². The van der Waals surface area contributed by atoms with Gasteiger partial charge < -0.3 is 39.4 Å². The van der Waals surface area contributed by atoms with Crippen LogP contribution < -0.4 is 29.9 Å². The fraction of sp³-hybridized carbons (Fsp3) is 0.429. The summed E-state index contributed by atoms with van der Waals surface area (Å²) < 4.78 is 24.2. The number of rotatable bonds is 4. The second kappa shape index (κ2) is 9.61. The van der Waals surface area contributed by atoms with Gasteiger partial charge in [0.2, 0.25) is 0 Å². The van der Waals surface area contributed by atoms with Gasteiger partial charge in [0.05, 0.1) is 24.5 Å². The van der Waals surface area contributed by atoms with E-state index >= 15 is 0 Å². The predicted octanol–water partition coefficient (Wildman–Crippen LogP) is 1.14. The molecule has 12 nitrogen and oxygen atoms in total. The molecule has 0 fully saturated rings. The van der Waals surface area contributed by atoms with Crippen LogP contribution in [0.4, 0.5) is 11.4 Å². The minimum atomic E-state index is -1.67. The topological polar surface area (TPSA) is 126 Å². The molecule has 2 N–H and O–H groups in total. The molecule has 2 aromatic carbocycles. The van der Waals surface area contributed by atoms with E-state index in [2.05, 4.69) is 20.6 Å². The second-order valence-electron chi connectivity index (χ2n) is 10.5. The second-order valence-corrected chi connectivity index (χ2v) is 10.5. The Labute approximate surface area is 231 Å². The van der Waals surface area contributed by atoms with Crippen molar-refractivity contribution >= 4 is 35.0 Å². The van der Waals surface area contributed by atoms with Crippen molar-refractivity contribution in [1.29, 1.82) is 0 Å². The summed E-state index contributed by atoms with van der Waals surface area (Å²) in [5, 5.41) is 6.28. The van der Waals surface area contributed by atoms with Crippen LogP contribution in [0.3, 0.4) is 0 Å². The zero-order chi connectivity index (χ0) is 28.1. The fourth-order valence-corrected chi connectivity index (χ4v) is 5.38. The number of carbonyl (C=O) groups is 2. The van der Waals surface area contributed by atoms with E-state index in [1.165, 1.54) is 0 Å². The maximum absolute atomic E-state index is 13.4. The van der Waals surface area contributed by atoms with Gasteiger partial charge in [-0.15, -0.1) is 0 Å². The highest BCUT2D eigenvalue weighted by atomic mass is 16.8. The molecular weight excluding hydrogens is 516 g/mol. The molecular formula is C28H32N6O6. The highest BCUT2D eigenvalue weighted by molar-refractivity contribution is 6.30. The number of likely N-dealkylation sites (N-methyl/N-ethyl adjacent to an activating group) is 2. The van der Waals surface area contributed by atoms with Crippen LogP contribution >= 0.6 is 0 Å². The number of aliphatic imine (C=N–C) groups is 2. The van der Waals surface area contributed by atoms with Crippen LogP contribution in [-0.2, 0) is 19.1 Å². The Balaban J connectivity index is 1.29. The van der Waals surface area contributed by atoms with Crippen molar-refractivity contribution in [2.45, 2.75) is 25.4 Å². The zero-order valence-corrected chi connectivity index (χ0v) is 22.9. The lowest BCUT2D eigenvalue weighted by Crippen LogP contribution is -2.63. The quantitative estimate of drug-likeness (QED) is 0.424. The summed E-state index contributed by atoms with van der Waals surface area (Å²) in [7, 11) is 3.72. The van der Waals surface area contributed by atoms with Crippen LogP contribution in [0, 0.1) is 13.8 Å². The number of nitrogens with one attached hydrogen (secondary N) is 2. The first-order valence-electron chi connectivity index (χ1n) is 13.2. The number of anilines is 2. The molecule has 6 rings (SSSR count). The molecule has 4 heterocycles. The van der Waals surface area contributed by atoms with Gasteiger partial charge in [0.15, 0.2) is 11.7 Å². The van der Waals surface area contributed by atoms with Crippen molar-refractivity contribution in [2.24, 2.45) is 9.98 Å². The van der Waals surface area contributed by atoms with E-state index < -0.39 is 23.5 Å². The standard InChI is InChI=1S/C28H32N6O6/c1-17-5-7-21-19(13-17)33(3)15-27(37-21,25-29-9-10-30-25)39-23(35)24(36)40-28(26-31-11-12-32-26)16-34(4)20-14-18(2)6-8-22(20)38-28/h5-8,13-14H,9-12,15-16H2,1-4H3,(H,29,30)(H,31,32). The van der Waals surface area contributed by atoms with Gasteiger partial charge in [0.1, 0.15) is 24.6 Å². The molecule has 2 atom stereocenters. The van der Waals surface area contributed by atoms with Gasteiger partial charge >= 0.3 is 23.5 Å². The van der Waals surface area contributed by atoms with Crippen LogP contribution in [-0.4, -0.2) is 88.5 Å². The molecule has 4 aliphatic rings. The molecule has 0 saturated heterocycles. The number of aryl methyl sites for hydroxylation is 2. The van der Waals surface area contributed by atoms with Crippen molar-refractivity contribution < 1.29 is 28.5 Å². The van der Waals surface area contributed by atoms with E-state index in [-0.39, 0.29) is 13.1 Å². The molecule has 4 aliphatic heterocycles. The lowest BCUT2D eigenvalue weighted by atomic mass is 10.1. The van der Waals surface area contributed by atoms with Crippen LogP contribution in [0.2, 0.25) is 0 Å². The van der Waals surface area contributed by atoms with Gasteiger partial charge in [0, 0.05) is 27.2 Å². The number of amidine groups is 2. The monoisotopic (exact) mass is 548 g/mol. The number of benzene rings is 2. The Bertz CT molecular complexity index is 1330. The predicted molar refractivity (Wildman–Crippen MR) is 148 cm³/mol. The lowest BCUT2D eigenvalue weighted by Gasteiger charge is -2.43. The van der Waals surface area contributed by atoms with Crippen molar-refractivity contribution in [3.8, 4) is 11.5 Å². The first-order chi connectivity index (χ1) is 19.2. The summed E-state index contributed by atoms with van der Waals surface area (Å²) in [5.74, 6) is -4.15. The molecule has 2 aromatic rings. The summed E-state index contributed by atoms with van der Waals surface area (Å²) in [6, 6.07) is 11.4. The number of hydrogen-bond acceptors (Lipinski definition) is 12. The SMILES string of the molecule is Cc1ccc2c(c1)N(C)CC(OC(=O)C(=O)OC1(C3=NCCN3)CN(C)c3cc(C)ccc3O1)(C1=NCCN1)O2. The largest absolute Gasteiger partial charge is 0.442 e. The number of hydrogen-bond donors (Lipinski definition) is 2. The van der Waals surface area contributed by atoms with Gasteiger partial charge in [-0.05, 0) is 49.2 Å². The highest BCUT2D eigenvalue weighted by Crippen LogP contribution is 2.40. The van der Waals surface area contributed by atoms with E-state index in [1.54, 1.807) is 12.1 Å². The Morgan fingerprint density at radius 3 is 1.57 bits per heavy atom. The molecule has 0 saturated carbocycles. The summed E-state index contributed by atoms with van der Waals surface area (Å²) in [4.78, 5) is 39.6. The molecule has 40 heavy (non-hydrogen) atoms. The van der Waals surface area contributed by atoms with Crippen LogP contribution in [0.15, 0.2) is 46.4 Å². The van der Waals surface area contributed by atoms with Gasteiger partial charge in [-0.1, -0.05) is 12.1 Å². The molecule has 210 valence electrons. The normalized spacial score (nSPS) is 24.8. The Morgan fingerprint density at radius 2 is 1.20 bits per heavy atom. The first kappa shape index (κ1) is 25.8. The molecule has 0 aromatic heterocycles. The van der Waals surface area contributed by atoms with Gasteiger partial charge in [-0.25, -0.2) is 9.59 Å². The molecule has 0 spiro atoms. The smallest absolute Gasteiger partial charge is 0.421 e. The highest BCUT2D eigenvalue weighted by Gasteiger charge is 2.53. The lowest BCUT2D eigenvalue weighted by molar-refractivity contribution is -0.202. The molecule has 0 amide bonds. The third kappa shape index (κ3) is 4.42. The Hall–Kier alpha value is -4.48. The van der Waals surface area contributed by atoms with E-state index in [1.807, 2.05) is 62.0 Å². The molecule has 0 radical (unpaired) electrons. The molecule has 0 bridgehead atoms. The number of carbonyl (C=O) groups excluding carboxylic acids is 2. The maximum Gasteiger partial charge on any atom is 0.421 e. The molecule has 0 aliphatic carbocycles. The van der Waals surface area contributed by atoms with E-state index in [4.69, 9.17) is 18.9 Å². The zero-order valence-electron chi connectivity index (χ0n) is 22.9. The molecule has 12 heteroatoms. The van der Waals surface area contributed by atoms with Gasteiger partial charge in [0.25, 0.3) is 0 Å². The Kier molecular flexibility index (Phi) is 6.20. The van der Waals surface area contributed by atoms with E-state index in [9.17, 15) is 9.59 Å². The number of esters is 2. The van der Waals surface area contributed by atoms with Crippen LogP contribution in [0.25, 0.3) is 0 Å². The van der Waals surface area contributed by atoms with E-state index in [0.29, 0.717) is 49.3 Å². The third-order valence-corrected chi connectivity index (χ3v) is 7.24. The summed E-state index contributed by atoms with van der Waals surface area (Å²) >= 11 is 0. The van der Waals surface area contributed by atoms with Crippen molar-refractivity contribution in [3.63, 3.8) is 0 Å². The number of fused-ring (bicyclic) bond motifs is 2. The van der Waals surface area contributed by atoms with Crippen molar-refractivity contribution in [2.75, 3.05) is 63.2 Å². The van der Waals surface area contributed by atoms with Crippen molar-refractivity contribution in [3.05, 3.63) is 47.5 Å². The summed E-state index contributed by atoms with van der Waals surface area (Å²) in [6.45, 7) is 6.28. The summed E-state index contributed by atoms with van der Waals surface area (Å²) in [6.07, 6.45) is 0. The minimum absolute atomic E-state index is 0.111.